The summed E-state index contributed by atoms with van der Waals surface area (Å²) in [6.45, 7) is 8.47. The number of hydrogen-bond acceptors (Lipinski definition) is 5. The number of thioether (sulfide) groups is 1. The van der Waals surface area contributed by atoms with Gasteiger partial charge >= 0.3 is 0 Å². The fourth-order valence-corrected chi connectivity index (χ4v) is 6.19. The lowest BCUT2D eigenvalue weighted by molar-refractivity contribution is -0.113. The van der Waals surface area contributed by atoms with Crippen LogP contribution in [0, 0.1) is 0 Å². The van der Waals surface area contributed by atoms with Crippen LogP contribution < -0.4 is 10.9 Å². The number of anilines is 1. The first-order chi connectivity index (χ1) is 15.5. The fraction of sp³-hybridized carbons (Fsp3) is 0.400. The van der Waals surface area contributed by atoms with Gasteiger partial charge in [-0.05, 0) is 54.9 Å². The second kappa shape index (κ2) is 10.0. The average molecular weight is 468 g/mol. The lowest BCUT2D eigenvalue weighted by Gasteiger charge is -2.11. The van der Waals surface area contributed by atoms with Crippen LogP contribution in [0.2, 0.25) is 0 Å². The van der Waals surface area contributed by atoms with Gasteiger partial charge in [0.1, 0.15) is 4.83 Å². The molecule has 7 heteroatoms. The van der Waals surface area contributed by atoms with Crippen LogP contribution in [0.3, 0.4) is 0 Å². The second-order valence-electron chi connectivity index (χ2n) is 8.46. The number of benzene rings is 1. The number of amides is 1. The Hall–Kier alpha value is -2.38. The Labute approximate surface area is 197 Å². The minimum absolute atomic E-state index is 0.0125. The SMILES string of the molecule is C=CCn1c(SCC(=O)Nc2ccc(C(C)C)cc2)nc2sc3c(c2c1=O)CCCCC3. The molecule has 32 heavy (non-hydrogen) atoms. The molecule has 168 valence electrons. The molecule has 3 aromatic rings. The predicted octanol–water partition coefficient (Wildman–Crippen LogP) is 5.77. The van der Waals surface area contributed by atoms with Crippen molar-refractivity contribution in [3.05, 3.63) is 63.3 Å². The Kier molecular flexibility index (Phi) is 7.16. The standard InChI is InChI=1S/C25H29N3O2S2/c1-4-14-28-24(30)22-19-8-6-5-7-9-20(19)32-23(22)27-25(28)31-15-21(29)26-18-12-10-17(11-13-18)16(2)3/h4,10-13,16H,1,5-9,14-15H2,2-3H3,(H,26,29). The number of fused-ring (bicyclic) bond motifs is 3. The molecule has 1 aromatic carbocycles. The summed E-state index contributed by atoms with van der Waals surface area (Å²) in [6.07, 6.45) is 7.18. The zero-order valence-electron chi connectivity index (χ0n) is 18.6. The minimum atomic E-state index is -0.117. The van der Waals surface area contributed by atoms with E-state index in [1.54, 1.807) is 22.0 Å². The first-order valence-electron chi connectivity index (χ1n) is 11.2. The van der Waals surface area contributed by atoms with Crippen LogP contribution in [0.1, 0.15) is 55.0 Å². The first kappa shape index (κ1) is 22.8. The van der Waals surface area contributed by atoms with E-state index in [9.17, 15) is 9.59 Å². The van der Waals surface area contributed by atoms with E-state index in [1.165, 1.54) is 40.6 Å². The normalized spacial score (nSPS) is 13.7. The van der Waals surface area contributed by atoms with Crippen LogP contribution in [0.5, 0.6) is 0 Å². The third-order valence-electron chi connectivity index (χ3n) is 5.79. The summed E-state index contributed by atoms with van der Waals surface area (Å²) in [5.74, 6) is 0.519. The summed E-state index contributed by atoms with van der Waals surface area (Å²) in [5, 5.41) is 4.28. The summed E-state index contributed by atoms with van der Waals surface area (Å²) in [6, 6.07) is 7.92. The molecule has 5 nitrogen and oxygen atoms in total. The Balaban J connectivity index is 1.55. The van der Waals surface area contributed by atoms with Gasteiger partial charge in [0.25, 0.3) is 5.56 Å². The van der Waals surface area contributed by atoms with Crippen LogP contribution in [-0.2, 0) is 24.2 Å². The molecule has 2 heterocycles. The number of aromatic nitrogens is 2. The number of nitrogens with zero attached hydrogens (tertiary/aromatic N) is 2. The fourth-order valence-electron chi connectivity index (χ4n) is 4.08. The van der Waals surface area contributed by atoms with E-state index < -0.39 is 0 Å². The maximum Gasteiger partial charge on any atom is 0.263 e. The first-order valence-corrected chi connectivity index (χ1v) is 13.0. The van der Waals surface area contributed by atoms with Gasteiger partial charge in [-0.3, -0.25) is 14.2 Å². The van der Waals surface area contributed by atoms with E-state index in [2.05, 4.69) is 25.7 Å². The molecule has 1 aliphatic rings. The number of aryl methyl sites for hydroxylation is 2. The van der Waals surface area contributed by atoms with Crippen LogP contribution in [0.15, 0.2) is 46.9 Å². The average Bonchev–Trinajstić information content (AvgIpc) is 2.96. The Morgan fingerprint density at radius 1 is 1.25 bits per heavy atom. The van der Waals surface area contributed by atoms with E-state index in [0.29, 0.717) is 17.6 Å². The van der Waals surface area contributed by atoms with Gasteiger partial charge in [0, 0.05) is 17.1 Å². The molecule has 1 N–H and O–H groups in total. The van der Waals surface area contributed by atoms with Crippen molar-refractivity contribution >= 4 is 44.9 Å². The third-order valence-corrected chi connectivity index (χ3v) is 7.96. The van der Waals surface area contributed by atoms with Crippen LogP contribution in [0.4, 0.5) is 5.69 Å². The van der Waals surface area contributed by atoms with Gasteiger partial charge in [0.2, 0.25) is 5.91 Å². The third kappa shape index (κ3) is 4.84. The van der Waals surface area contributed by atoms with Gasteiger partial charge in [-0.25, -0.2) is 4.98 Å². The van der Waals surface area contributed by atoms with Crippen LogP contribution in [0.25, 0.3) is 10.2 Å². The zero-order chi connectivity index (χ0) is 22.7. The second-order valence-corrected chi connectivity index (χ2v) is 10.5. The molecule has 0 bridgehead atoms. The molecule has 0 unspecified atom stereocenters. The highest BCUT2D eigenvalue weighted by Gasteiger charge is 2.21. The van der Waals surface area contributed by atoms with Crippen molar-refractivity contribution in [2.75, 3.05) is 11.1 Å². The molecule has 0 atom stereocenters. The molecule has 0 spiro atoms. The van der Waals surface area contributed by atoms with Crippen molar-refractivity contribution in [1.29, 1.82) is 0 Å². The number of rotatable bonds is 7. The summed E-state index contributed by atoms with van der Waals surface area (Å²) < 4.78 is 1.66. The van der Waals surface area contributed by atoms with Crippen molar-refractivity contribution in [1.82, 2.24) is 9.55 Å². The molecular weight excluding hydrogens is 438 g/mol. The smallest absolute Gasteiger partial charge is 0.263 e. The molecule has 0 radical (unpaired) electrons. The van der Waals surface area contributed by atoms with Gasteiger partial charge in [-0.2, -0.15) is 0 Å². The van der Waals surface area contributed by atoms with Gasteiger partial charge < -0.3 is 5.32 Å². The highest BCUT2D eigenvalue weighted by atomic mass is 32.2. The molecule has 0 saturated heterocycles. The topological polar surface area (TPSA) is 64.0 Å². The number of allylic oxidation sites excluding steroid dienone is 1. The Morgan fingerprint density at radius 2 is 2.00 bits per heavy atom. The van der Waals surface area contributed by atoms with Crippen LogP contribution in [-0.4, -0.2) is 21.2 Å². The van der Waals surface area contributed by atoms with Crippen LogP contribution >= 0.6 is 23.1 Å². The van der Waals surface area contributed by atoms with Crippen molar-refractivity contribution in [3.8, 4) is 0 Å². The summed E-state index contributed by atoms with van der Waals surface area (Å²) in [4.78, 5) is 32.9. The Morgan fingerprint density at radius 3 is 2.72 bits per heavy atom. The quantitative estimate of drug-likeness (QED) is 0.207. The van der Waals surface area contributed by atoms with Crippen molar-refractivity contribution < 1.29 is 4.79 Å². The van der Waals surface area contributed by atoms with E-state index in [1.807, 2.05) is 24.3 Å². The largest absolute Gasteiger partial charge is 0.325 e. The van der Waals surface area contributed by atoms with Crippen molar-refractivity contribution in [3.63, 3.8) is 0 Å². The predicted molar refractivity (Wildman–Crippen MR) is 135 cm³/mol. The summed E-state index contributed by atoms with van der Waals surface area (Å²) >= 11 is 2.94. The number of hydrogen-bond donors (Lipinski definition) is 1. The van der Waals surface area contributed by atoms with Crippen molar-refractivity contribution in [2.24, 2.45) is 0 Å². The molecule has 0 aliphatic heterocycles. The molecule has 2 aromatic heterocycles. The summed E-state index contributed by atoms with van der Waals surface area (Å²) in [7, 11) is 0. The van der Waals surface area contributed by atoms with Gasteiger partial charge in [-0.1, -0.05) is 50.2 Å². The highest BCUT2D eigenvalue weighted by Crippen LogP contribution is 2.34. The molecule has 4 rings (SSSR count). The monoisotopic (exact) mass is 467 g/mol. The molecular formula is C25H29N3O2S2. The highest BCUT2D eigenvalue weighted by molar-refractivity contribution is 7.99. The number of carbonyl (C=O) groups excluding carboxylic acids is 1. The summed E-state index contributed by atoms with van der Waals surface area (Å²) in [5.41, 5.74) is 3.19. The maximum atomic E-state index is 13.4. The van der Waals surface area contributed by atoms with Crippen molar-refractivity contribution in [2.45, 2.75) is 63.6 Å². The lowest BCUT2D eigenvalue weighted by Crippen LogP contribution is -2.24. The van der Waals surface area contributed by atoms with E-state index in [4.69, 9.17) is 4.98 Å². The number of nitrogens with one attached hydrogen (secondary N) is 1. The Bertz CT molecular complexity index is 1190. The van der Waals surface area contributed by atoms with E-state index in [0.717, 1.165) is 35.2 Å². The number of thiophene rings is 1. The molecule has 0 saturated carbocycles. The number of carbonyl (C=O) groups is 1. The van der Waals surface area contributed by atoms with Gasteiger partial charge in [0.05, 0.1) is 11.1 Å². The zero-order valence-corrected chi connectivity index (χ0v) is 20.3. The molecule has 1 amide bonds. The van der Waals surface area contributed by atoms with E-state index >= 15 is 0 Å². The minimum Gasteiger partial charge on any atom is -0.325 e. The van der Waals surface area contributed by atoms with E-state index in [-0.39, 0.29) is 17.2 Å². The molecule has 0 fully saturated rings. The maximum absolute atomic E-state index is 13.4. The molecule has 1 aliphatic carbocycles. The van der Waals surface area contributed by atoms with Gasteiger partial charge in [-0.15, -0.1) is 17.9 Å². The van der Waals surface area contributed by atoms with Gasteiger partial charge in [0.15, 0.2) is 5.16 Å². The lowest BCUT2D eigenvalue weighted by atomic mass is 10.0.